The summed E-state index contributed by atoms with van der Waals surface area (Å²) in [7, 11) is 1.28. The van der Waals surface area contributed by atoms with Gasteiger partial charge in [0.2, 0.25) is 5.91 Å². The van der Waals surface area contributed by atoms with E-state index in [1.54, 1.807) is 19.1 Å². The molecule has 0 spiro atoms. The second-order valence-electron chi connectivity index (χ2n) is 2.79. The van der Waals surface area contributed by atoms with Gasteiger partial charge in [0.25, 0.3) is 0 Å². The topological polar surface area (TPSA) is 68.3 Å². The first-order chi connectivity index (χ1) is 7.19. The standard InChI is InChI=1S/C10H12N2O3/c1-3-8(13)12-9-7(10(14)15-2)5-4-6-11-9/h4-6H,3H2,1-2H3,(H,11,12,13). The number of esters is 1. The summed E-state index contributed by atoms with van der Waals surface area (Å²) in [5.41, 5.74) is 0.252. The molecule has 0 unspecified atom stereocenters. The number of nitrogens with zero attached hydrogens (tertiary/aromatic N) is 1. The summed E-state index contributed by atoms with van der Waals surface area (Å²) in [5.74, 6) is -0.482. The fraction of sp³-hybridized carbons (Fsp3) is 0.300. The molecule has 0 bridgehead atoms. The number of aromatic nitrogens is 1. The first kappa shape index (κ1) is 11.2. The normalized spacial score (nSPS) is 9.47. The molecule has 5 nitrogen and oxygen atoms in total. The zero-order chi connectivity index (χ0) is 11.3. The number of hydrogen-bond acceptors (Lipinski definition) is 4. The van der Waals surface area contributed by atoms with E-state index >= 15 is 0 Å². The number of rotatable bonds is 3. The van der Waals surface area contributed by atoms with Crippen LogP contribution in [0.4, 0.5) is 5.82 Å². The molecule has 0 fully saturated rings. The SMILES string of the molecule is CCC(=O)Nc1ncccc1C(=O)OC. The van der Waals surface area contributed by atoms with Crippen molar-refractivity contribution in [1.29, 1.82) is 0 Å². The fourth-order valence-corrected chi connectivity index (χ4v) is 1.00. The Balaban J connectivity index is 2.96. The van der Waals surface area contributed by atoms with Crippen LogP contribution in [0.3, 0.4) is 0 Å². The molecule has 1 aromatic rings. The predicted molar refractivity (Wildman–Crippen MR) is 54.5 cm³/mol. The van der Waals surface area contributed by atoms with Gasteiger partial charge in [0.1, 0.15) is 11.4 Å². The molecule has 0 aliphatic rings. The van der Waals surface area contributed by atoms with Gasteiger partial charge in [-0.25, -0.2) is 9.78 Å². The highest BCUT2D eigenvalue weighted by atomic mass is 16.5. The van der Waals surface area contributed by atoms with Gasteiger partial charge in [0.15, 0.2) is 0 Å². The number of ether oxygens (including phenoxy) is 1. The van der Waals surface area contributed by atoms with Crippen molar-refractivity contribution in [2.75, 3.05) is 12.4 Å². The van der Waals surface area contributed by atoms with Crippen LogP contribution in [0.5, 0.6) is 0 Å². The Morgan fingerprint density at radius 1 is 1.53 bits per heavy atom. The van der Waals surface area contributed by atoms with E-state index < -0.39 is 5.97 Å². The highest BCUT2D eigenvalue weighted by Gasteiger charge is 2.13. The summed E-state index contributed by atoms with van der Waals surface area (Å²) in [6, 6.07) is 3.15. The van der Waals surface area contributed by atoms with E-state index in [0.29, 0.717) is 6.42 Å². The lowest BCUT2D eigenvalue weighted by atomic mass is 10.2. The van der Waals surface area contributed by atoms with Crippen molar-refractivity contribution in [3.8, 4) is 0 Å². The second-order valence-corrected chi connectivity index (χ2v) is 2.79. The zero-order valence-corrected chi connectivity index (χ0v) is 8.61. The molecule has 0 atom stereocenters. The molecular weight excluding hydrogens is 196 g/mol. The summed E-state index contributed by atoms with van der Waals surface area (Å²) in [6.45, 7) is 1.72. The maximum atomic E-state index is 11.3. The smallest absolute Gasteiger partial charge is 0.341 e. The molecule has 0 saturated heterocycles. The van der Waals surface area contributed by atoms with E-state index in [9.17, 15) is 9.59 Å². The van der Waals surface area contributed by atoms with E-state index in [-0.39, 0.29) is 17.3 Å². The fourth-order valence-electron chi connectivity index (χ4n) is 1.00. The Kier molecular flexibility index (Phi) is 3.79. The van der Waals surface area contributed by atoms with Crippen LogP contribution in [0.2, 0.25) is 0 Å². The molecule has 0 aliphatic carbocycles. The molecule has 1 rings (SSSR count). The molecule has 15 heavy (non-hydrogen) atoms. The first-order valence-corrected chi connectivity index (χ1v) is 4.52. The lowest BCUT2D eigenvalue weighted by Crippen LogP contribution is -2.15. The van der Waals surface area contributed by atoms with Crippen molar-refractivity contribution < 1.29 is 14.3 Å². The molecule has 1 heterocycles. The molecule has 1 N–H and O–H groups in total. The number of methoxy groups -OCH3 is 1. The minimum atomic E-state index is -0.519. The summed E-state index contributed by atoms with van der Waals surface area (Å²) in [5, 5.41) is 2.52. The third kappa shape index (κ3) is 2.77. The van der Waals surface area contributed by atoms with Gasteiger partial charge in [-0.2, -0.15) is 0 Å². The average molecular weight is 208 g/mol. The molecule has 0 aromatic carbocycles. The third-order valence-corrected chi connectivity index (χ3v) is 1.79. The number of carbonyl (C=O) groups excluding carboxylic acids is 2. The van der Waals surface area contributed by atoms with Crippen LogP contribution in [-0.2, 0) is 9.53 Å². The van der Waals surface area contributed by atoms with E-state index in [1.165, 1.54) is 13.3 Å². The minimum Gasteiger partial charge on any atom is -0.465 e. The average Bonchev–Trinajstić information content (AvgIpc) is 2.28. The summed E-state index contributed by atoms with van der Waals surface area (Å²) >= 11 is 0. The summed E-state index contributed by atoms with van der Waals surface area (Å²) in [4.78, 5) is 26.3. The van der Waals surface area contributed by atoms with Gasteiger partial charge in [0.05, 0.1) is 7.11 Å². The van der Waals surface area contributed by atoms with Crippen molar-refractivity contribution in [3.63, 3.8) is 0 Å². The number of anilines is 1. The van der Waals surface area contributed by atoms with Crippen LogP contribution in [0.15, 0.2) is 18.3 Å². The van der Waals surface area contributed by atoms with Crippen molar-refractivity contribution in [3.05, 3.63) is 23.9 Å². The number of nitrogens with one attached hydrogen (secondary N) is 1. The van der Waals surface area contributed by atoms with Crippen molar-refractivity contribution in [2.24, 2.45) is 0 Å². The van der Waals surface area contributed by atoms with Crippen molar-refractivity contribution >= 4 is 17.7 Å². The second kappa shape index (κ2) is 5.09. The number of pyridine rings is 1. The molecule has 80 valence electrons. The molecule has 1 amide bonds. The van der Waals surface area contributed by atoms with Gasteiger partial charge >= 0.3 is 5.97 Å². The predicted octanol–water partition coefficient (Wildman–Crippen LogP) is 1.22. The molecule has 5 heteroatoms. The number of carbonyl (C=O) groups is 2. The number of hydrogen-bond donors (Lipinski definition) is 1. The van der Waals surface area contributed by atoms with Gasteiger partial charge in [-0.05, 0) is 12.1 Å². The highest BCUT2D eigenvalue weighted by molar-refractivity contribution is 5.99. The molecule has 0 radical (unpaired) electrons. The van der Waals surface area contributed by atoms with Gasteiger partial charge in [-0.1, -0.05) is 6.92 Å². The molecule has 0 saturated carbocycles. The minimum absolute atomic E-state index is 0.196. The molecular formula is C10H12N2O3. The first-order valence-electron chi connectivity index (χ1n) is 4.52. The van der Waals surface area contributed by atoms with Gasteiger partial charge < -0.3 is 10.1 Å². The van der Waals surface area contributed by atoms with Crippen molar-refractivity contribution in [2.45, 2.75) is 13.3 Å². The lowest BCUT2D eigenvalue weighted by Gasteiger charge is -2.06. The van der Waals surface area contributed by atoms with E-state index in [2.05, 4.69) is 15.0 Å². The maximum absolute atomic E-state index is 11.3. The van der Waals surface area contributed by atoms with Crippen LogP contribution in [0.1, 0.15) is 23.7 Å². The van der Waals surface area contributed by atoms with Gasteiger partial charge in [0, 0.05) is 12.6 Å². The lowest BCUT2D eigenvalue weighted by molar-refractivity contribution is -0.115. The van der Waals surface area contributed by atoms with E-state index in [0.717, 1.165) is 0 Å². The van der Waals surface area contributed by atoms with Crippen LogP contribution in [-0.4, -0.2) is 24.0 Å². The summed E-state index contributed by atoms with van der Waals surface area (Å²) in [6.07, 6.45) is 1.83. The summed E-state index contributed by atoms with van der Waals surface area (Å²) < 4.78 is 4.56. The Bertz CT molecular complexity index is 377. The Labute approximate surface area is 87.5 Å². The quantitative estimate of drug-likeness (QED) is 0.758. The Hall–Kier alpha value is -1.91. The monoisotopic (exact) mass is 208 g/mol. The zero-order valence-electron chi connectivity index (χ0n) is 8.61. The van der Waals surface area contributed by atoms with Gasteiger partial charge in [-0.3, -0.25) is 4.79 Å². The number of amides is 1. The van der Waals surface area contributed by atoms with Crippen LogP contribution >= 0.6 is 0 Å². The largest absolute Gasteiger partial charge is 0.465 e. The van der Waals surface area contributed by atoms with Crippen LogP contribution < -0.4 is 5.32 Å². The third-order valence-electron chi connectivity index (χ3n) is 1.79. The Morgan fingerprint density at radius 2 is 2.27 bits per heavy atom. The maximum Gasteiger partial charge on any atom is 0.341 e. The van der Waals surface area contributed by atoms with Crippen molar-refractivity contribution in [1.82, 2.24) is 4.98 Å². The van der Waals surface area contributed by atoms with Gasteiger partial charge in [-0.15, -0.1) is 0 Å². The van der Waals surface area contributed by atoms with Crippen LogP contribution in [0.25, 0.3) is 0 Å². The molecule has 0 aliphatic heterocycles. The Morgan fingerprint density at radius 3 is 2.87 bits per heavy atom. The van der Waals surface area contributed by atoms with E-state index in [1.807, 2.05) is 0 Å². The highest BCUT2D eigenvalue weighted by Crippen LogP contribution is 2.12. The van der Waals surface area contributed by atoms with E-state index in [4.69, 9.17) is 0 Å². The van der Waals surface area contributed by atoms with Crippen LogP contribution in [0, 0.1) is 0 Å². The molecule has 1 aromatic heterocycles.